The third-order valence-corrected chi connectivity index (χ3v) is 11.9. The smallest absolute Gasteiger partial charge is 0.0261 e. The maximum absolute atomic E-state index is 2.45. The predicted octanol–water partition coefficient (Wildman–Crippen LogP) is 14.0. The summed E-state index contributed by atoms with van der Waals surface area (Å²) in [5, 5.41) is 13.6. The minimum atomic E-state index is 0.0113. The van der Waals surface area contributed by atoms with Gasteiger partial charge in [0.25, 0.3) is 0 Å². The van der Waals surface area contributed by atoms with Crippen LogP contribution in [-0.2, 0) is 10.8 Å². The van der Waals surface area contributed by atoms with Crippen LogP contribution in [0.2, 0.25) is 0 Å². The van der Waals surface area contributed by atoms with E-state index in [-0.39, 0.29) is 10.8 Å². The largest absolute Gasteiger partial charge is 0.0616 e. The second kappa shape index (κ2) is 10.5. The molecule has 0 bridgehead atoms. The average molecular weight is 633 g/mol. The summed E-state index contributed by atoms with van der Waals surface area (Å²) in [6.45, 7) is 16.5. The van der Waals surface area contributed by atoms with Gasteiger partial charge in [-0.3, -0.25) is 0 Å². The van der Waals surface area contributed by atoms with Crippen molar-refractivity contribution in [3.63, 3.8) is 0 Å². The van der Waals surface area contributed by atoms with E-state index >= 15 is 0 Å². The summed E-state index contributed by atoms with van der Waals surface area (Å²) in [6.07, 6.45) is 0. The van der Waals surface area contributed by atoms with E-state index in [0.717, 1.165) is 0 Å². The first-order chi connectivity index (χ1) is 23.6. The van der Waals surface area contributed by atoms with Gasteiger partial charge in [0, 0.05) is 5.41 Å². The molecule has 0 saturated carbocycles. The molecular weight excluding hydrogens is 589 g/mol. The Morgan fingerprint density at radius 2 is 0.898 bits per heavy atom. The van der Waals surface area contributed by atoms with Crippen LogP contribution in [0.25, 0.3) is 76.1 Å². The van der Waals surface area contributed by atoms with E-state index < -0.39 is 0 Å². The quantitative estimate of drug-likeness (QED) is 0.169. The Morgan fingerprint density at radius 1 is 0.408 bits per heavy atom. The summed E-state index contributed by atoms with van der Waals surface area (Å²) in [5.41, 5.74) is 9.55. The fraction of sp³-hybridized carbons (Fsp3) is 0.224. The van der Waals surface area contributed by atoms with E-state index in [1.807, 2.05) is 0 Å². The molecule has 0 heteroatoms. The van der Waals surface area contributed by atoms with Crippen LogP contribution in [0.15, 0.2) is 127 Å². The van der Waals surface area contributed by atoms with Gasteiger partial charge in [-0.05, 0) is 128 Å². The summed E-state index contributed by atoms with van der Waals surface area (Å²) < 4.78 is 0. The molecule has 9 rings (SSSR count). The molecule has 8 aromatic rings. The molecule has 1 aliphatic carbocycles. The van der Waals surface area contributed by atoms with Crippen molar-refractivity contribution in [3.8, 4) is 22.3 Å². The Labute approximate surface area is 290 Å². The minimum Gasteiger partial charge on any atom is -0.0616 e. The molecule has 240 valence electrons. The summed E-state index contributed by atoms with van der Waals surface area (Å²) in [4.78, 5) is 0. The minimum absolute atomic E-state index is 0.0113. The van der Waals surface area contributed by atoms with Crippen LogP contribution in [0.1, 0.15) is 65.2 Å². The van der Waals surface area contributed by atoms with Crippen molar-refractivity contribution < 1.29 is 0 Å². The van der Waals surface area contributed by atoms with Crippen LogP contribution >= 0.6 is 0 Å². The van der Waals surface area contributed by atoms with Crippen LogP contribution < -0.4 is 0 Å². The number of hydrogen-bond donors (Lipinski definition) is 0. The van der Waals surface area contributed by atoms with Gasteiger partial charge in [0.1, 0.15) is 0 Å². The SMILES string of the molecule is CC(C)C1(C(C)C)c2cccc3c4ccc(-c5cccc(-c6ccc7c(ccc8cc(C(C)(C)C)ccc87)c6)c5)cc4c4cccc1c4c23. The van der Waals surface area contributed by atoms with Crippen LogP contribution in [0.4, 0.5) is 0 Å². The summed E-state index contributed by atoms with van der Waals surface area (Å²) in [7, 11) is 0. The van der Waals surface area contributed by atoms with Crippen molar-refractivity contribution in [2.24, 2.45) is 11.8 Å². The fourth-order valence-corrected chi connectivity index (χ4v) is 9.61. The van der Waals surface area contributed by atoms with Gasteiger partial charge in [-0.25, -0.2) is 0 Å². The van der Waals surface area contributed by atoms with Crippen LogP contribution in [0.3, 0.4) is 0 Å². The summed E-state index contributed by atoms with van der Waals surface area (Å²) in [6, 6.07) is 48.9. The first-order valence-electron chi connectivity index (χ1n) is 18.1. The second-order valence-electron chi connectivity index (χ2n) is 16.2. The molecule has 0 atom stereocenters. The molecule has 8 aromatic carbocycles. The van der Waals surface area contributed by atoms with Crippen LogP contribution in [0.5, 0.6) is 0 Å². The molecule has 0 N–H and O–H groups in total. The Morgan fingerprint density at radius 3 is 1.49 bits per heavy atom. The fourth-order valence-electron chi connectivity index (χ4n) is 9.61. The lowest BCUT2D eigenvalue weighted by molar-refractivity contribution is 0.281. The molecule has 0 aromatic heterocycles. The predicted molar refractivity (Wildman–Crippen MR) is 214 cm³/mol. The van der Waals surface area contributed by atoms with E-state index in [1.54, 1.807) is 0 Å². The van der Waals surface area contributed by atoms with E-state index in [1.165, 1.54) is 92.8 Å². The third kappa shape index (κ3) is 4.23. The Balaban J connectivity index is 1.18. The highest BCUT2D eigenvalue weighted by Crippen LogP contribution is 2.57. The molecule has 0 radical (unpaired) electrons. The van der Waals surface area contributed by atoms with Crippen molar-refractivity contribution in [2.45, 2.75) is 59.3 Å². The lowest BCUT2D eigenvalue weighted by atomic mass is 9.62. The summed E-state index contributed by atoms with van der Waals surface area (Å²) in [5.74, 6) is 0.986. The van der Waals surface area contributed by atoms with Gasteiger partial charge >= 0.3 is 0 Å². The van der Waals surface area contributed by atoms with Gasteiger partial charge in [0.15, 0.2) is 0 Å². The molecule has 1 aliphatic rings. The van der Waals surface area contributed by atoms with E-state index in [4.69, 9.17) is 0 Å². The maximum atomic E-state index is 2.45. The van der Waals surface area contributed by atoms with Gasteiger partial charge in [-0.1, -0.05) is 158 Å². The Kier molecular flexibility index (Phi) is 6.48. The highest BCUT2D eigenvalue weighted by Gasteiger charge is 2.46. The highest BCUT2D eigenvalue weighted by atomic mass is 14.5. The number of hydrogen-bond acceptors (Lipinski definition) is 0. The van der Waals surface area contributed by atoms with Crippen LogP contribution in [-0.4, -0.2) is 0 Å². The standard InChI is InChI=1S/C49H44/c1-29(2)49(30(3)4)44-15-9-13-41-40-23-20-34(28-43(40)42-14-10-16-45(49)47(42)46(41)44)32-12-8-11-31(25-32)33-19-22-38-35(26-33)17-18-36-27-37(48(5,6)7)21-24-39(36)38/h8-30H,1-7H3. The molecule has 0 saturated heterocycles. The summed E-state index contributed by atoms with van der Waals surface area (Å²) >= 11 is 0. The van der Waals surface area contributed by atoms with Gasteiger partial charge in [-0.2, -0.15) is 0 Å². The average Bonchev–Trinajstić information content (AvgIpc) is 3.42. The maximum Gasteiger partial charge on any atom is 0.0261 e. The molecule has 49 heavy (non-hydrogen) atoms. The number of benzene rings is 8. The molecule has 0 heterocycles. The Bertz CT molecular complexity index is 2630. The van der Waals surface area contributed by atoms with Crippen molar-refractivity contribution in [2.75, 3.05) is 0 Å². The lowest BCUT2D eigenvalue weighted by Gasteiger charge is -2.40. The van der Waals surface area contributed by atoms with Crippen molar-refractivity contribution in [3.05, 3.63) is 144 Å². The lowest BCUT2D eigenvalue weighted by Crippen LogP contribution is -2.37. The van der Waals surface area contributed by atoms with Crippen molar-refractivity contribution in [1.82, 2.24) is 0 Å². The van der Waals surface area contributed by atoms with Gasteiger partial charge < -0.3 is 0 Å². The first-order valence-corrected chi connectivity index (χ1v) is 18.1. The van der Waals surface area contributed by atoms with Gasteiger partial charge in [0.2, 0.25) is 0 Å². The van der Waals surface area contributed by atoms with E-state index in [9.17, 15) is 0 Å². The van der Waals surface area contributed by atoms with E-state index in [2.05, 4.69) is 176 Å². The second-order valence-corrected chi connectivity index (χ2v) is 16.2. The van der Waals surface area contributed by atoms with Gasteiger partial charge in [0.05, 0.1) is 0 Å². The third-order valence-electron chi connectivity index (χ3n) is 11.9. The number of rotatable bonds is 4. The van der Waals surface area contributed by atoms with Crippen LogP contribution in [0, 0.1) is 11.8 Å². The zero-order valence-corrected chi connectivity index (χ0v) is 29.8. The van der Waals surface area contributed by atoms with Crippen molar-refractivity contribution in [1.29, 1.82) is 0 Å². The molecule has 0 aliphatic heterocycles. The first kappa shape index (κ1) is 30.1. The molecule has 0 nitrogen and oxygen atoms in total. The molecule has 0 fully saturated rings. The molecule has 0 amide bonds. The van der Waals surface area contributed by atoms with Gasteiger partial charge in [-0.15, -0.1) is 0 Å². The molecule has 0 spiro atoms. The molecule has 0 unspecified atom stereocenters. The number of fused-ring (bicyclic) bond motifs is 6. The zero-order valence-electron chi connectivity index (χ0n) is 29.8. The monoisotopic (exact) mass is 632 g/mol. The molecular formula is C49H44. The normalized spacial score (nSPS) is 14.1. The topological polar surface area (TPSA) is 0 Å². The zero-order chi connectivity index (χ0) is 33.8. The van der Waals surface area contributed by atoms with Crippen molar-refractivity contribution >= 4 is 53.9 Å². The van der Waals surface area contributed by atoms with E-state index in [0.29, 0.717) is 11.8 Å². The highest BCUT2D eigenvalue weighted by molar-refractivity contribution is 6.29. The Hall–Kier alpha value is -4.94.